The van der Waals surface area contributed by atoms with Gasteiger partial charge in [-0.1, -0.05) is 12.8 Å². The Morgan fingerprint density at radius 3 is 2.40 bits per heavy atom. The molecular formula is C14H29N3O2S. The molecule has 1 saturated carbocycles. The summed E-state index contributed by atoms with van der Waals surface area (Å²) >= 11 is 0. The first kappa shape index (κ1) is 16.2. The minimum absolute atomic E-state index is 0.105. The summed E-state index contributed by atoms with van der Waals surface area (Å²) < 4.78 is 27.0. The molecule has 2 aliphatic rings. The summed E-state index contributed by atoms with van der Waals surface area (Å²) in [7, 11) is -3.05. The Bertz CT molecular complexity index is 380. The maximum absolute atomic E-state index is 12.6. The van der Waals surface area contributed by atoms with E-state index in [-0.39, 0.29) is 5.25 Å². The van der Waals surface area contributed by atoms with Crippen LogP contribution in [0.4, 0.5) is 0 Å². The third-order valence-electron chi connectivity index (χ3n) is 4.56. The molecule has 118 valence electrons. The second-order valence-corrected chi connectivity index (χ2v) is 8.25. The third-order valence-corrected chi connectivity index (χ3v) is 6.96. The Morgan fingerprint density at radius 1 is 0.950 bits per heavy atom. The van der Waals surface area contributed by atoms with E-state index in [4.69, 9.17) is 5.73 Å². The average Bonchev–Trinajstić information content (AvgIpc) is 2.87. The number of nitrogens with two attached hydrogens (primary N) is 1. The molecule has 0 bridgehead atoms. The molecule has 5 nitrogen and oxygen atoms in total. The van der Waals surface area contributed by atoms with Gasteiger partial charge in [-0.3, -0.25) is 0 Å². The van der Waals surface area contributed by atoms with E-state index in [0.717, 1.165) is 71.1 Å². The second kappa shape index (κ2) is 7.73. The van der Waals surface area contributed by atoms with Crippen molar-refractivity contribution in [2.24, 2.45) is 5.73 Å². The highest BCUT2D eigenvalue weighted by Crippen LogP contribution is 2.27. The molecule has 0 spiro atoms. The number of sulfonamides is 1. The lowest BCUT2D eigenvalue weighted by atomic mass is 10.3. The number of rotatable bonds is 6. The van der Waals surface area contributed by atoms with Crippen molar-refractivity contribution >= 4 is 10.0 Å². The highest BCUT2D eigenvalue weighted by atomic mass is 32.2. The molecule has 6 heteroatoms. The molecule has 2 fully saturated rings. The Morgan fingerprint density at radius 2 is 1.70 bits per heavy atom. The summed E-state index contributed by atoms with van der Waals surface area (Å²) in [5, 5.41) is -0.105. The molecule has 1 saturated heterocycles. The van der Waals surface area contributed by atoms with E-state index < -0.39 is 10.0 Å². The van der Waals surface area contributed by atoms with Gasteiger partial charge < -0.3 is 10.6 Å². The quantitative estimate of drug-likeness (QED) is 0.744. The molecule has 2 N–H and O–H groups in total. The highest BCUT2D eigenvalue weighted by Gasteiger charge is 2.34. The molecule has 0 radical (unpaired) electrons. The maximum Gasteiger partial charge on any atom is 0.217 e. The lowest BCUT2D eigenvalue weighted by Gasteiger charge is -2.24. The predicted octanol–water partition coefficient (Wildman–Crippen LogP) is 1.01. The first-order valence-electron chi connectivity index (χ1n) is 8.06. The zero-order valence-corrected chi connectivity index (χ0v) is 13.3. The van der Waals surface area contributed by atoms with Gasteiger partial charge >= 0.3 is 0 Å². The summed E-state index contributed by atoms with van der Waals surface area (Å²) in [5.74, 6) is 0. The Kier molecular flexibility index (Phi) is 6.26. The average molecular weight is 303 g/mol. The van der Waals surface area contributed by atoms with Gasteiger partial charge in [0, 0.05) is 19.6 Å². The standard InChI is InChI=1S/C14H29N3O2S/c15-8-3-4-9-16-10-5-11-17(13-12-16)20(18,19)14-6-1-2-7-14/h14H,1-13,15H2. The summed E-state index contributed by atoms with van der Waals surface area (Å²) in [5.41, 5.74) is 5.52. The monoisotopic (exact) mass is 303 g/mol. The molecule has 0 atom stereocenters. The summed E-state index contributed by atoms with van der Waals surface area (Å²) in [6.45, 7) is 5.05. The normalized spacial score (nSPS) is 24.1. The molecule has 0 aromatic heterocycles. The summed E-state index contributed by atoms with van der Waals surface area (Å²) in [4.78, 5) is 2.39. The van der Waals surface area contributed by atoms with E-state index in [1.165, 1.54) is 0 Å². The minimum Gasteiger partial charge on any atom is -0.330 e. The largest absolute Gasteiger partial charge is 0.330 e. The van der Waals surface area contributed by atoms with E-state index in [1.54, 1.807) is 4.31 Å². The van der Waals surface area contributed by atoms with Gasteiger partial charge in [0.25, 0.3) is 0 Å². The zero-order chi connectivity index (χ0) is 14.4. The molecule has 0 aromatic carbocycles. The fraction of sp³-hybridized carbons (Fsp3) is 1.00. The summed E-state index contributed by atoms with van der Waals surface area (Å²) in [6, 6.07) is 0. The maximum atomic E-state index is 12.6. The first-order valence-corrected chi connectivity index (χ1v) is 9.56. The van der Waals surface area contributed by atoms with Crippen LogP contribution < -0.4 is 5.73 Å². The van der Waals surface area contributed by atoms with E-state index in [2.05, 4.69) is 4.90 Å². The molecule has 1 aliphatic carbocycles. The van der Waals surface area contributed by atoms with Gasteiger partial charge in [-0.05, 0) is 51.7 Å². The van der Waals surface area contributed by atoms with Crippen LogP contribution in [0.1, 0.15) is 44.9 Å². The van der Waals surface area contributed by atoms with Crippen LogP contribution in [0.3, 0.4) is 0 Å². The Hall–Kier alpha value is -0.170. The van der Waals surface area contributed by atoms with Crippen LogP contribution in [0, 0.1) is 0 Å². The van der Waals surface area contributed by atoms with Crippen LogP contribution in [0.2, 0.25) is 0 Å². The van der Waals surface area contributed by atoms with E-state index in [0.29, 0.717) is 13.1 Å². The molecule has 20 heavy (non-hydrogen) atoms. The molecule has 1 heterocycles. The van der Waals surface area contributed by atoms with Crippen LogP contribution in [0.5, 0.6) is 0 Å². The van der Waals surface area contributed by atoms with Crippen LogP contribution >= 0.6 is 0 Å². The van der Waals surface area contributed by atoms with Gasteiger partial charge in [-0.15, -0.1) is 0 Å². The van der Waals surface area contributed by atoms with Crippen molar-refractivity contribution < 1.29 is 8.42 Å². The van der Waals surface area contributed by atoms with Gasteiger partial charge in [-0.25, -0.2) is 12.7 Å². The Labute approximate surface area is 123 Å². The third kappa shape index (κ3) is 4.16. The van der Waals surface area contributed by atoms with Gasteiger partial charge in [0.2, 0.25) is 10.0 Å². The molecule has 2 rings (SSSR count). The molecule has 0 aromatic rings. The van der Waals surface area contributed by atoms with Crippen molar-refractivity contribution in [3.05, 3.63) is 0 Å². The minimum atomic E-state index is -3.05. The SMILES string of the molecule is NCCCCN1CCCN(S(=O)(=O)C2CCCC2)CC1. The zero-order valence-electron chi connectivity index (χ0n) is 12.5. The van der Waals surface area contributed by atoms with Gasteiger partial charge in [-0.2, -0.15) is 0 Å². The fourth-order valence-electron chi connectivity index (χ4n) is 3.30. The fourth-order valence-corrected chi connectivity index (χ4v) is 5.37. The van der Waals surface area contributed by atoms with Gasteiger partial charge in [0.05, 0.1) is 5.25 Å². The van der Waals surface area contributed by atoms with Crippen molar-refractivity contribution in [2.45, 2.75) is 50.2 Å². The first-order chi connectivity index (χ1) is 9.64. The van der Waals surface area contributed by atoms with Crippen molar-refractivity contribution in [1.29, 1.82) is 0 Å². The van der Waals surface area contributed by atoms with Crippen molar-refractivity contribution in [3.63, 3.8) is 0 Å². The van der Waals surface area contributed by atoms with E-state index in [9.17, 15) is 8.42 Å². The van der Waals surface area contributed by atoms with Gasteiger partial charge in [0.15, 0.2) is 0 Å². The predicted molar refractivity (Wildman–Crippen MR) is 82.1 cm³/mol. The van der Waals surface area contributed by atoms with Gasteiger partial charge in [0.1, 0.15) is 0 Å². The van der Waals surface area contributed by atoms with E-state index >= 15 is 0 Å². The van der Waals surface area contributed by atoms with Crippen LogP contribution in [-0.2, 0) is 10.0 Å². The smallest absolute Gasteiger partial charge is 0.217 e. The van der Waals surface area contributed by atoms with Crippen molar-refractivity contribution in [2.75, 3.05) is 39.3 Å². The van der Waals surface area contributed by atoms with Crippen LogP contribution in [0.15, 0.2) is 0 Å². The molecule has 1 aliphatic heterocycles. The number of hydrogen-bond donors (Lipinski definition) is 1. The molecule has 0 amide bonds. The van der Waals surface area contributed by atoms with Crippen molar-refractivity contribution in [1.82, 2.24) is 9.21 Å². The van der Waals surface area contributed by atoms with Crippen molar-refractivity contribution in [3.8, 4) is 0 Å². The lowest BCUT2D eigenvalue weighted by Crippen LogP contribution is -2.40. The highest BCUT2D eigenvalue weighted by molar-refractivity contribution is 7.89. The topological polar surface area (TPSA) is 66.6 Å². The van der Waals surface area contributed by atoms with Crippen LogP contribution in [-0.4, -0.2) is 62.1 Å². The second-order valence-electron chi connectivity index (χ2n) is 6.04. The van der Waals surface area contributed by atoms with Crippen LogP contribution in [0.25, 0.3) is 0 Å². The number of hydrogen-bond acceptors (Lipinski definition) is 4. The molecule has 0 unspecified atom stereocenters. The molecular weight excluding hydrogens is 274 g/mol. The lowest BCUT2D eigenvalue weighted by molar-refractivity contribution is 0.281. The summed E-state index contributed by atoms with van der Waals surface area (Å²) in [6.07, 6.45) is 6.99. The number of nitrogens with zero attached hydrogens (tertiary/aromatic N) is 2. The van der Waals surface area contributed by atoms with E-state index in [1.807, 2.05) is 0 Å². The number of unbranched alkanes of at least 4 members (excludes halogenated alkanes) is 1. The Balaban J connectivity index is 1.85.